The molecule has 0 bridgehead atoms. The van der Waals surface area contributed by atoms with Gasteiger partial charge in [0.25, 0.3) is 0 Å². The Kier molecular flexibility index (Phi) is 7.89. The molecule has 2 aliphatic heterocycles. The number of benzene rings is 3. The molecular weight excluding hydrogens is 450 g/mol. The Morgan fingerprint density at radius 1 is 0.861 bits per heavy atom. The topological polar surface area (TPSA) is 51.2 Å². The van der Waals surface area contributed by atoms with Crippen LogP contribution in [0.3, 0.4) is 0 Å². The van der Waals surface area contributed by atoms with E-state index in [-0.39, 0.29) is 6.79 Å². The largest absolute Gasteiger partial charge is 0.491 e. The fourth-order valence-corrected chi connectivity index (χ4v) is 5.13. The van der Waals surface area contributed by atoms with E-state index in [0.29, 0.717) is 13.2 Å². The Balaban J connectivity index is 1.37. The zero-order valence-corrected chi connectivity index (χ0v) is 21.0. The molecule has 1 N–H and O–H groups in total. The van der Waals surface area contributed by atoms with Crippen LogP contribution < -0.4 is 14.2 Å². The molecule has 2 heterocycles. The van der Waals surface area contributed by atoms with Crippen LogP contribution in [-0.2, 0) is 0 Å². The lowest BCUT2D eigenvalue weighted by Gasteiger charge is -2.28. The fraction of sp³-hybridized carbons (Fsp3) is 0.355. The summed E-state index contributed by atoms with van der Waals surface area (Å²) < 4.78 is 17.1. The molecule has 0 aliphatic carbocycles. The van der Waals surface area contributed by atoms with Gasteiger partial charge in [-0.3, -0.25) is 0 Å². The normalized spacial score (nSPS) is 16.9. The SMILES string of the molecule is CCC(=C(c1ccccc1)c1ccc(OCC(O)CN2CCCCC2)cc1)c1ccc2c(c1)OCO2. The van der Waals surface area contributed by atoms with Gasteiger partial charge in [-0.15, -0.1) is 0 Å². The highest BCUT2D eigenvalue weighted by Gasteiger charge is 2.18. The number of aliphatic hydroxyl groups is 1. The third kappa shape index (κ3) is 5.75. The maximum absolute atomic E-state index is 10.5. The lowest BCUT2D eigenvalue weighted by molar-refractivity contribution is 0.0617. The molecule has 188 valence electrons. The Bertz CT molecular complexity index is 1170. The van der Waals surface area contributed by atoms with Gasteiger partial charge in [0, 0.05) is 6.54 Å². The van der Waals surface area contributed by atoms with Gasteiger partial charge < -0.3 is 24.2 Å². The van der Waals surface area contributed by atoms with Crippen molar-refractivity contribution in [1.29, 1.82) is 0 Å². The number of likely N-dealkylation sites (tertiary alicyclic amines) is 1. The predicted octanol–water partition coefficient (Wildman–Crippen LogP) is 6.01. The lowest BCUT2D eigenvalue weighted by atomic mass is 9.88. The Hall–Kier alpha value is -3.28. The number of allylic oxidation sites excluding steroid dienone is 1. The zero-order chi connectivity index (χ0) is 24.7. The number of nitrogens with zero attached hydrogens (tertiary/aromatic N) is 1. The molecule has 36 heavy (non-hydrogen) atoms. The molecule has 0 aromatic heterocycles. The van der Waals surface area contributed by atoms with Crippen LogP contribution in [0.5, 0.6) is 17.2 Å². The van der Waals surface area contributed by atoms with Gasteiger partial charge in [-0.05, 0) is 84.5 Å². The zero-order valence-electron chi connectivity index (χ0n) is 21.0. The first-order chi connectivity index (χ1) is 17.7. The van der Waals surface area contributed by atoms with Gasteiger partial charge in [0.1, 0.15) is 18.5 Å². The number of fused-ring (bicyclic) bond motifs is 1. The maximum atomic E-state index is 10.5. The number of aliphatic hydroxyl groups excluding tert-OH is 1. The van der Waals surface area contributed by atoms with Crippen molar-refractivity contribution >= 4 is 11.1 Å². The third-order valence-corrected chi connectivity index (χ3v) is 6.94. The second-order valence-electron chi connectivity index (χ2n) is 9.49. The van der Waals surface area contributed by atoms with E-state index in [4.69, 9.17) is 14.2 Å². The summed E-state index contributed by atoms with van der Waals surface area (Å²) in [5, 5.41) is 10.5. The Labute approximate surface area is 213 Å². The molecule has 5 rings (SSSR count). The van der Waals surface area contributed by atoms with Crippen molar-refractivity contribution in [1.82, 2.24) is 4.90 Å². The van der Waals surface area contributed by atoms with Gasteiger partial charge in [-0.2, -0.15) is 0 Å². The highest BCUT2D eigenvalue weighted by atomic mass is 16.7. The Morgan fingerprint density at radius 3 is 2.31 bits per heavy atom. The summed E-state index contributed by atoms with van der Waals surface area (Å²) in [4.78, 5) is 2.33. The first-order valence-electron chi connectivity index (χ1n) is 13.0. The fourth-order valence-electron chi connectivity index (χ4n) is 5.13. The molecular formula is C31H35NO4. The molecule has 0 saturated carbocycles. The van der Waals surface area contributed by atoms with Gasteiger partial charge >= 0.3 is 0 Å². The van der Waals surface area contributed by atoms with E-state index in [9.17, 15) is 5.11 Å². The summed E-state index contributed by atoms with van der Waals surface area (Å²) in [6.07, 6.45) is 4.12. The average Bonchev–Trinajstić information content (AvgIpc) is 3.40. The molecule has 1 fully saturated rings. The molecule has 1 atom stereocenters. The summed E-state index contributed by atoms with van der Waals surface area (Å²) in [7, 11) is 0. The van der Waals surface area contributed by atoms with Crippen molar-refractivity contribution in [2.24, 2.45) is 0 Å². The highest BCUT2D eigenvalue weighted by Crippen LogP contribution is 2.39. The van der Waals surface area contributed by atoms with E-state index in [1.807, 2.05) is 24.3 Å². The smallest absolute Gasteiger partial charge is 0.231 e. The number of ether oxygens (including phenoxy) is 3. The van der Waals surface area contributed by atoms with E-state index >= 15 is 0 Å². The summed E-state index contributed by atoms with van der Waals surface area (Å²) in [6, 6.07) is 24.9. The van der Waals surface area contributed by atoms with Crippen LogP contribution in [0.2, 0.25) is 0 Å². The first kappa shape index (κ1) is 24.4. The number of hydrogen-bond donors (Lipinski definition) is 1. The van der Waals surface area contributed by atoms with Crippen molar-refractivity contribution in [3.63, 3.8) is 0 Å². The van der Waals surface area contributed by atoms with Crippen molar-refractivity contribution in [2.75, 3.05) is 33.0 Å². The molecule has 0 amide bonds. The number of hydrogen-bond acceptors (Lipinski definition) is 5. The monoisotopic (exact) mass is 485 g/mol. The number of piperidine rings is 1. The van der Waals surface area contributed by atoms with Crippen LogP contribution >= 0.6 is 0 Å². The van der Waals surface area contributed by atoms with Gasteiger partial charge in [0.05, 0.1) is 0 Å². The molecule has 0 spiro atoms. The van der Waals surface area contributed by atoms with Crippen LogP contribution in [0.1, 0.15) is 49.3 Å². The molecule has 5 heteroatoms. The summed E-state index contributed by atoms with van der Waals surface area (Å²) >= 11 is 0. The van der Waals surface area contributed by atoms with Gasteiger partial charge in [0.15, 0.2) is 11.5 Å². The van der Waals surface area contributed by atoms with Crippen molar-refractivity contribution in [2.45, 2.75) is 38.7 Å². The molecule has 1 unspecified atom stereocenters. The van der Waals surface area contributed by atoms with Crippen LogP contribution in [-0.4, -0.2) is 49.1 Å². The highest BCUT2D eigenvalue weighted by molar-refractivity contribution is 5.98. The first-order valence-corrected chi connectivity index (χ1v) is 13.0. The molecule has 1 saturated heterocycles. The van der Waals surface area contributed by atoms with E-state index < -0.39 is 6.10 Å². The third-order valence-electron chi connectivity index (χ3n) is 6.94. The summed E-state index contributed by atoms with van der Waals surface area (Å²) in [5.41, 5.74) is 5.84. The van der Waals surface area contributed by atoms with E-state index in [1.54, 1.807) is 0 Å². The molecule has 2 aliphatic rings. The summed E-state index contributed by atoms with van der Waals surface area (Å²) in [6.45, 7) is 5.57. The van der Waals surface area contributed by atoms with Gasteiger partial charge in [-0.1, -0.05) is 61.9 Å². The van der Waals surface area contributed by atoms with E-state index in [0.717, 1.165) is 53.4 Å². The lowest BCUT2D eigenvalue weighted by Crippen LogP contribution is -2.38. The van der Waals surface area contributed by atoms with Crippen molar-refractivity contribution in [3.8, 4) is 17.2 Å². The van der Waals surface area contributed by atoms with Gasteiger partial charge in [-0.25, -0.2) is 0 Å². The Morgan fingerprint density at radius 2 is 1.56 bits per heavy atom. The average molecular weight is 486 g/mol. The molecule has 0 radical (unpaired) electrons. The summed E-state index contributed by atoms with van der Waals surface area (Å²) in [5.74, 6) is 2.35. The van der Waals surface area contributed by atoms with Crippen LogP contribution in [0.15, 0.2) is 72.8 Å². The quantitative estimate of drug-likeness (QED) is 0.376. The minimum absolute atomic E-state index is 0.268. The van der Waals surface area contributed by atoms with Crippen molar-refractivity contribution in [3.05, 3.63) is 89.5 Å². The van der Waals surface area contributed by atoms with Crippen LogP contribution in [0.25, 0.3) is 11.1 Å². The number of β-amino-alcohol motifs (C(OH)–C–C–N with tert-alkyl or cyclic N) is 1. The standard InChI is InChI=1S/C31H35NO4/c1-2-28(25-13-16-29-30(19-25)36-22-35-29)31(23-9-5-3-6-10-23)24-11-14-27(15-12-24)34-21-26(33)20-32-17-7-4-8-18-32/h3,5-6,9-16,19,26,33H,2,4,7-8,17-18,20-22H2,1H3. The second-order valence-corrected chi connectivity index (χ2v) is 9.49. The van der Waals surface area contributed by atoms with E-state index in [2.05, 4.69) is 60.4 Å². The van der Waals surface area contributed by atoms with E-state index in [1.165, 1.54) is 30.4 Å². The molecule has 3 aromatic rings. The second kappa shape index (κ2) is 11.6. The predicted molar refractivity (Wildman–Crippen MR) is 143 cm³/mol. The number of rotatable bonds is 9. The van der Waals surface area contributed by atoms with Gasteiger partial charge in [0.2, 0.25) is 6.79 Å². The minimum Gasteiger partial charge on any atom is -0.491 e. The van der Waals surface area contributed by atoms with Crippen LogP contribution in [0.4, 0.5) is 0 Å². The molecule has 3 aromatic carbocycles. The van der Waals surface area contributed by atoms with Crippen LogP contribution in [0, 0.1) is 0 Å². The maximum Gasteiger partial charge on any atom is 0.231 e. The minimum atomic E-state index is -0.486. The molecule has 5 nitrogen and oxygen atoms in total. The van der Waals surface area contributed by atoms with Crippen molar-refractivity contribution < 1.29 is 19.3 Å².